The van der Waals surface area contributed by atoms with Gasteiger partial charge in [-0.1, -0.05) is 12.1 Å². The average molecular weight is 174 g/mol. The largest absolute Gasteiger partial charge is 0.508 e. The van der Waals surface area contributed by atoms with Gasteiger partial charge in [-0.05, 0) is 54.7 Å². The Kier molecular flexibility index (Phi) is 1.43. The number of phenols is 1. The Labute approximate surface area is 78.4 Å². The van der Waals surface area contributed by atoms with E-state index in [2.05, 4.69) is 12.1 Å². The zero-order valence-corrected chi connectivity index (χ0v) is 7.66. The van der Waals surface area contributed by atoms with Gasteiger partial charge in [0.15, 0.2) is 0 Å². The lowest BCUT2D eigenvalue weighted by atomic mass is 10.0. The van der Waals surface area contributed by atoms with Crippen LogP contribution in [0.1, 0.15) is 48.6 Å². The molecule has 0 aromatic heterocycles. The summed E-state index contributed by atoms with van der Waals surface area (Å²) in [6, 6.07) is 6.19. The maximum Gasteiger partial charge on any atom is 0.119 e. The van der Waals surface area contributed by atoms with Crippen molar-refractivity contribution in [3.05, 3.63) is 29.3 Å². The predicted molar refractivity (Wildman–Crippen MR) is 52.1 cm³/mol. The molecule has 0 spiro atoms. The molecule has 0 radical (unpaired) electrons. The third kappa shape index (κ3) is 1.32. The number of phenolic OH excluding ortho intramolecular Hbond substituents is 1. The fourth-order valence-electron chi connectivity index (χ4n) is 1.96. The maximum atomic E-state index is 9.65. The molecule has 3 rings (SSSR count). The molecule has 1 aromatic carbocycles. The standard InChI is InChI=1S/C12H14O/c13-12-6-5-10(8-1-2-8)7-11(12)9-3-4-9/h5-9,13H,1-4H2. The van der Waals surface area contributed by atoms with Crippen LogP contribution in [0.15, 0.2) is 18.2 Å². The normalized spacial score (nSPS) is 21.8. The monoisotopic (exact) mass is 174 g/mol. The summed E-state index contributed by atoms with van der Waals surface area (Å²) >= 11 is 0. The van der Waals surface area contributed by atoms with Gasteiger partial charge in [-0.2, -0.15) is 0 Å². The number of hydrogen-bond donors (Lipinski definition) is 1. The van der Waals surface area contributed by atoms with Gasteiger partial charge >= 0.3 is 0 Å². The van der Waals surface area contributed by atoms with E-state index in [0.29, 0.717) is 11.7 Å². The van der Waals surface area contributed by atoms with Crippen molar-refractivity contribution in [2.45, 2.75) is 37.5 Å². The molecule has 1 nitrogen and oxygen atoms in total. The van der Waals surface area contributed by atoms with E-state index in [1.807, 2.05) is 6.07 Å². The summed E-state index contributed by atoms with van der Waals surface area (Å²) in [5.41, 5.74) is 2.64. The van der Waals surface area contributed by atoms with Crippen LogP contribution in [-0.2, 0) is 0 Å². The zero-order chi connectivity index (χ0) is 8.84. The van der Waals surface area contributed by atoms with E-state index in [1.54, 1.807) is 0 Å². The van der Waals surface area contributed by atoms with Crippen LogP contribution >= 0.6 is 0 Å². The van der Waals surface area contributed by atoms with E-state index in [4.69, 9.17) is 0 Å². The molecule has 1 N–H and O–H groups in total. The molecule has 0 atom stereocenters. The lowest BCUT2D eigenvalue weighted by Gasteiger charge is -2.05. The van der Waals surface area contributed by atoms with E-state index in [9.17, 15) is 5.11 Å². The van der Waals surface area contributed by atoms with Crippen LogP contribution in [0, 0.1) is 0 Å². The Bertz CT molecular complexity index is 335. The average Bonchev–Trinajstić information content (AvgIpc) is 3.00. The molecule has 68 valence electrons. The highest BCUT2D eigenvalue weighted by molar-refractivity contribution is 5.42. The Morgan fingerprint density at radius 2 is 1.69 bits per heavy atom. The van der Waals surface area contributed by atoms with Gasteiger partial charge in [0, 0.05) is 0 Å². The molecular weight excluding hydrogens is 160 g/mol. The fraction of sp³-hybridized carbons (Fsp3) is 0.500. The summed E-state index contributed by atoms with van der Waals surface area (Å²) in [5.74, 6) is 1.98. The van der Waals surface area contributed by atoms with E-state index in [1.165, 1.54) is 36.8 Å². The second-order valence-corrected chi connectivity index (χ2v) is 4.37. The topological polar surface area (TPSA) is 20.2 Å². The predicted octanol–water partition coefficient (Wildman–Crippen LogP) is 3.15. The summed E-state index contributed by atoms with van der Waals surface area (Å²) in [6.45, 7) is 0. The number of benzene rings is 1. The second-order valence-electron chi connectivity index (χ2n) is 4.37. The van der Waals surface area contributed by atoms with Gasteiger partial charge in [-0.3, -0.25) is 0 Å². The zero-order valence-electron chi connectivity index (χ0n) is 7.66. The molecule has 0 bridgehead atoms. The quantitative estimate of drug-likeness (QED) is 0.730. The maximum absolute atomic E-state index is 9.65. The first-order valence-corrected chi connectivity index (χ1v) is 5.17. The van der Waals surface area contributed by atoms with Crippen molar-refractivity contribution >= 4 is 0 Å². The van der Waals surface area contributed by atoms with Crippen LogP contribution in [-0.4, -0.2) is 5.11 Å². The van der Waals surface area contributed by atoms with Crippen molar-refractivity contribution in [1.82, 2.24) is 0 Å². The number of aromatic hydroxyl groups is 1. The van der Waals surface area contributed by atoms with Gasteiger partial charge in [0.1, 0.15) is 5.75 Å². The van der Waals surface area contributed by atoms with Crippen LogP contribution in [0.4, 0.5) is 0 Å². The molecule has 0 unspecified atom stereocenters. The Hall–Kier alpha value is -0.980. The molecule has 1 aromatic rings. The lowest BCUT2D eigenvalue weighted by Crippen LogP contribution is -1.85. The van der Waals surface area contributed by atoms with Gasteiger partial charge in [-0.15, -0.1) is 0 Å². The first-order chi connectivity index (χ1) is 6.34. The van der Waals surface area contributed by atoms with Crippen molar-refractivity contribution in [2.24, 2.45) is 0 Å². The van der Waals surface area contributed by atoms with Gasteiger partial charge in [0.25, 0.3) is 0 Å². The lowest BCUT2D eigenvalue weighted by molar-refractivity contribution is 0.468. The van der Waals surface area contributed by atoms with E-state index >= 15 is 0 Å². The molecule has 13 heavy (non-hydrogen) atoms. The van der Waals surface area contributed by atoms with Crippen LogP contribution in [0.25, 0.3) is 0 Å². The van der Waals surface area contributed by atoms with Crippen molar-refractivity contribution < 1.29 is 5.11 Å². The van der Waals surface area contributed by atoms with Crippen LogP contribution in [0.2, 0.25) is 0 Å². The van der Waals surface area contributed by atoms with E-state index < -0.39 is 0 Å². The third-order valence-electron chi connectivity index (χ3n) is 3.12. The van der Waals surface area contributed by atoms with Gasteiger partial charge < -0.3 is 5.11 Å². The Morgan fingerprint density at radius 1 is 1.00 bits per heavy atom. The van der Waals surface area contributed by atoms with Crippen molar-refractivity contribution in [3.63, 3.8) is 0 Å². The molecule has 0 amide bonds. The molecule has 1 heteroatoms. The van der Waals surface area contributed by atoms with Crippen LogP contribution in [0.5, 0.6) is 5.75 Å². The summed E-state index contributed by atoms with van der Waals surface area (Å²) in [6.07, 6.45) is 5.22. The number of hydrogen-bond acceptors (Lipinski definition) is 1. The molecular formula is C12H14O. The van der Waals surface area contributed by atoms with E-state index in [0.717, 1.165) is 5.92 Å². The fourth-order valence-corrected chi connectivity index (χ4v) is 1.96. The molecule has 2 fully saturated rings. The molecule has 2 aliphatic carbocycles. The minimum Gasteiger partial charge on any atom is -0.508 e. The van der Waals surface area contributed by atoms with Gasteiger partial charge in [0.05, 0.1) is 0 Å². The first-order valence-electron chi connectivity index (χ1n) is 5.17. The Morgan fingerprint density at radius 3 is 2.31 bits per heavy atom. The summed E-state index contributed by atoms with van der Waals surface area (Å²) in [7, 11) is 0. The smallest absolute Gasteiger partial charge is 0.119 e. The van der Waals surface area contributed by atoms with Crippen molar-refractivity contribution in [3.8, 4) is 5.75 Å². The summed E-state index contributed by atoms with van der Waals surface area (Å²) < 4.78 is 0. The van der Waals surface area contributed by atoms with Crippen molar-refractivity contribution in [1.29, 1.82) is 0 Å². The second kappa shape index (κ2) is 2.50. The highest BCUT2D eigenvalue weighted by atomic mass is 16.3. The molecule has 2 saturated carbocycles. The Balaban J connectivity index is 1.99. The third-order valence-corrected chi connectivity index (χ3v) is 3.12. The van der Waals surface area contributed by atoms with Crippen LogP contribution < -0.4 is 0 Å². The molecule has 0 saturated heterocycles. The van der Waals surface area contributed by atoms with Crippen molar-refractivity contribution in [2.75, 3.05) is 0 Å². The molecule has 0 aliphatic heterocycles. The SMILES string of the molecule is Oc1ccc(C2CC2)cc1C1CC1. The van der Waals surface area contributed by atoms with E-state index in [-0.39, 0.29) is 0 Å². The highest BCUT2D eigenvalue weighted by Gasteiger charge is 2.29. The number of rotatable bonds is 2. The molecule has 0 heterocycles. The molecule has 2 aliphatic rings. The highest BCUT2D eigenvalue weighted by Crippen LogP contribution is 2.47. The van der Waals surface area contributed by atoms with Crippen LogP contribution in [0.3, 0.4) is 0 Å². The van der Waals surface area contributed by atoms with Gasteiger partial charge in [-0.25, -0.2) is 0 Å². The summed E-state index contributed by atoms with van der Waals surface area (Å²) in [4.78, 5) is 0. The minimum absolute atomic E-state index is 0.506. The van der Waals surface area contributed by atoms with Gasteiger partial charge in [0.2, 0.25) is 0 Å². The first kappa shape index (κ1) is 7.43. The minimum atomic E-state index is 0.506. The summed E-state index contributed by atoms with van der Waals surface area (Å²) in [5, 5.41) is 9.65.